The van der Waals surface area contributed by atoms with Gasteiger partial charge in [0, 0.05) is 47.4 Å². The van der Waals surface area contributed by atoms with Gasteiger partial charge in [-0.05, 0) is 81.3 Å². The number of rotatable bonds is 4. The van der Waals surface area contributed by atoms with Crippen LogP contribution in [0.3, 0.4) is 0 Å². The van der Waals surface area contributed by atoms with Crippen LogP contribution in [0.15, 0.2) is 12.1 Å². The highest BCUT2D eigenvalue weighted by molar-refractivity contribution is 5.63. The van der Waals surface area contributed by atoms with Gasteiger partial charge < -0.3 is 19.7 Å². The van der Waals surface area contributed by atoms with Crippen LogP contribution in [0.25, 0.3) is 0 Å². The van der Waals surface area contributed by atoms with Gasteiger partial charge in [-0.25, -0.2) is 0 Å². The van der Waals surface area contributed by atoms with Gasteiger partial charge in [0.2, 0.25) is 0 Å². The number of hydrogen-bond acceptors (Lipinski definition) is 5. The summed E-state index contributed by atoms with van der Waals surface area (Å²) in [5, 5.41) is 23.2. The summed E-state index contributed by atoms with van der Waals surface area (Å²) in [5.41, 5.74) is -0.956. The van der Waals surface area contributed by atoms with Crippen LogP contribution in [0, 0.1) is 22.7 Å². The van der Waals surface area contributed by atoms with Crippen molar-refractivity contribution in [1.82, 2.24) is 4.90 Å². The fourth-order valence-electron chi connectivity index (χ4n) is 9.14. The van der Waals surface area contributed by atoms with Gasteiger partial charge in [-0.15, -0.1) is 0 Å². The lowest BCUT2D eigenvalue weighted by atomic mass is 9.33. The summed E-state index contributed by atoms with van der Waals surface area (Å²) in [4.78, 5) is 1.99. The van der Waals surface area contributed by atoms with Crippen LogP contribution >= 0.6 is 0 Å². The Labute approximate surface area is 209 Å². The lowest BCUT2D eigenvalue weighted by Gasteiger charge is -2.75. The molecule has 2 N–H and O–H groups in total. The average Bonchev–Trinajstić information content (AvgIpc) is 3.33. The Bertz CT molecular complexity index is 1230. The molecule has 0 amide bonds. The predicted molar refractivity (Wildman–Crippen MR) is 130 cm³/mol. The number of phenols is 1. The average molecular weight is 472 g/mol. The molecule has 8 atom stereocenters. The van der Waals surface area contributed by atoms with Gasteiger partial charge in [0.25, 0.3) is 0 Å². The second-order valence-electron chi connectivity index (χ2n) is 13.1. The number of piperidine rings is 1. The first kappa shape index (κ1) is 18.0. The number of hydrogen-bond donors (Lipinski definition) is 2. The Hall–Kier alpha value is -1.30. The normalized spacial score (nSPS) is 49.1. The Morgan fingerprint density at radius 2 is 2.03 bits per heavy atom. The second-order valence-corrected chi connectivity index (χ2v) is 13.1. The van der Waals surface area contributed by atoms with Crippen LogP contribution in [-0.2, 0) is 16.6 Å². The molecule has 0 aromatic heterocycles. The van der Waals surface area contributed by atoms with Gasteiger partial charge in [0.1, 0.15) is 11.7 Å². The summed E-state index contributed by atoms with van der Waals surface area (Å²) in [6.45, 7) is 6.82. The molecule has 34 heavy (non-hydrogen) atoms. The second kappa shape index (κ2) is 6.33. The van der Waals surface area contributed by atoms with E-state index < -0.39 is 52.3 Å². The Morgan fingerprint density at radius 3 is 2.71 bits per heavy atom. The highest BCUT2D eigenvalue weighted by Gasteiger charge is 2.82. The summed E-state index contributed by atoms with van der Waals surface area (Å²) in [6.07, 6.45) is 1.83. The molecule has 2 heterocycles. The van der Waals surface area contributed by atoms with Crippen molar-refractivity contribution in [1.29, 1.82) is 0 Å². The lowest BCUT2D eigenvalue weighted by Crippen LogP contribution is -2.83. The van der Waals surface area contributed by atoms with Crippen LogP contribution in [0.5, 0.6) is 11.5 Å². The summed E-state index contributed by atoms with van der Waals surface area (Å²) in [6, 6.07) is 3.50. The van der Waals surface area contributed by atoms with Gasteiger partial charge >= 0.3 is 0 Å². The fourth-order valence-corrected chi connectivity index (χ4v) is 9.14. The zero-order valence-corrected chi connectivity index (χ0v) is 21.1. The summed E-state index contributed by atoms with van der Waals surface area (Å²) in [5.74, 6) is -0.225. The van der Waals surface area contributed by atoms with Crippen molar-refractivity contribution in [2.45, 2.75) is 101 Å². The highest BCUT2D eigenvalue weighted by Crippen LogP contribution is 2.78. The van der Waals surface area contributed by atoms with E-state index in [0.29, 0.717) is 38.0 Å². The van der Waals surface area contributed by atoms with Crippen LogP contribution < -0.4 is 4.74 Å². The molecule has 7 aliphatic rings. The first-order valence-corrected chi connectivity index (χ1v) is 13.1. The van der Waals surface area contributed by atoms with E-state index in [9.17, 15) is 13.0 Å². The van der Waals surface area contributed by atoms with E-state index in [0.717, 1.165) is 17.5 Å². The maximum atomic E-state index is 12.2. The minimum atomic E-state index is -1.77. The molecule has 1 aromatic rings. The van der Waals surface area contributed by atoms with Crippen LogP contribution in [0.4, 0.5) is 0 Å². The maximum absolute atomic E-state index is 12.2. The van der Waals surface area contributed by atoms with Crippen molar-refractivity contribution < 1.29 is 25.2 Å². The van der Waals surface area contributed by atoms with E-state index in [-0.39, 0.29) is 24.1 Å². The Balaban J connectivity index is 1.47. The van der Waals surface area contributed by atoms with E-state index in [1.807, 2.05) is 17.9 Å². The molecule has 4 saturated carbocycles. The molecule has 0 radical (unpaired) electrons. The first-order valence-electron chi connectivity index (χ1n) is 15.1. The number of nitrogens with zero attached hydrogens (tertiary/aromatic N) is 1. The SMILES string of the molecule is [2H]C1([2H])CC1C([2H])([2H])N1CC[C@]23c4c5ccc(O)c4O[C@H]2[C@]2(OC)CC[C@@]3(C[C@@H]2C(C)(O)C(C)(C)C)[C@H]1C5. The van der Waals surface area contributed by atoms with Gasteiger partial charge in [0.15, 0.2) is 11.5 Å². The van der Waals surface area contributed by atoms with E-state index in [4.69, 9.17) is 12.2 Å². The van der Waals surface area contributed by atoms with Gasteiger partial charge in [-0.3, -0.25) is 4.90 Å². The number of aliphatic hydroxyl groups is 1. The van der Waals surface area contributed by atoms with E-state index in [1.54, 1.807) is 13.2 Å². The molecular weight excluding hydrogens is 426 g/mol. The largest absolute Gasteiger partial charge is 0.504 e. The molecule has 1 aromatic carbocycles. The van der Waals surface area contributed by atoms with Gasteiger partial charge in [-0.2, -0.15) is 0 Å². The van der Waals surface area contributed by atoms with Crippen LogP contribution in [0.2, 0.25) is 0 Å². The number of ether oxygens (including phenoxy) is 2. The van der Waals surface area contributed by atoms with Crippen molar-refractivity contribution >= 4 is 0 Å². The summed E-state index contributed by atoms with van der Waals surface area (Å²) < 4.78 is 48.3. The molecule has 1 saturated heterocycles. The molecule has 5 heteroatoms. The van der Waals surface area contributed by atoms with E-state index >= 15 is 0 Å². The molecule has 2 aliphatic heterocycles. The fraction of sp³-hybridized carbons (Fsp3) is 0.793. The minimum Gasteiger partial charge on any atom is -0.504 e. The van der Waals surface area contributed by atoms with Crippen LogP contribution in [0.1, 0.15) is 82.8 Å². The molecule has 5 nitrogen and oxygen atoms in total. The van der Waals surface area contributed by atoms with Gasteiger partial charge in [0.05, 0.1) is 5.60 Å². The number of methoxy groups -OCH3 is 1. The summed E-state index contributed by atoms with van der Waals surface area (Å²) >= 11 is 0. The monoisotopic (exact) mass is 471 g/mol. The minimum absolute atomic E-state index is 0.134. The molecule has 5 aliphatic carbocycles. The van der Waals surface area contributed by atoms with E-state index in [2.05, 4.69) is 20.8 Å². The third-order valence-corrected chi connectivity index (χ3v) is 11.3. The maximum Gasteiger partial charge on any atom is 0.165 e. The van der Waals surface area contributed by atoms with Crippen molar-refractivity contribution in [3.8, 4) is 11.5 Å². The lowest BCUT2D eigenvalue weighted by molar-refractivity contribution is -0.312. The molecule has 8 rings (SSSR count). The molecule has 4 bridgehead atoms. The number of aromatic hydroxyl groups is 1. The van der Waals surface area contributed by atoms with Crippen molar-refractivity contribution in [2.75, 3.05) is 20.2 Å². The Kier molecular flexibility index (Phi) is 3.36. The summed E-state index contributed by atoms with van der Waals surface area (Å²) in [7, 11) is 1.73. The molecular formula is C29H41NO4. The number of benzene rings is 1. The Morgan fingerprint density at radius 1 is 1.26 bits per heavy atom. The quantitative estimate of drug-likeness (QED) is 0.681. The molecule has 2 spiro atoms. The zero-order chi connectivity index (χ0) is 27.5. The smallest absolute Gasteiger partial charge is 0.165 e. The van der Waals surface area contributed by atoms with Crippen LogP contribution in [-0.4, -0.2) is 58.6 Å². The van der Waals surface area contributed by atoms with Crippen molar-refractivity contribution in [3.63, 3.8) is 0 Å². The van der Waals surface area contributed by atoms with Crippen molar-refractivity contribution in [2.24, 2.45) is 22.7 Å². The third kappa shape index (κ3) is 2.25. The standard InChI is InChI=1S/C29H41NO4/c1-25(2,3)26(4,32)20-15-27-10-11-29(20,33-5)24-28(27)12-13-30(16-17-6-7-17)21(27)14-18-8-9-19(31)23(34-24)22(18)28/h8-9,17,20-21,24,31-32H,6-7,10-16H2,1-5H3/t20-,21-,24-,26?,27-,28+,29+/m1/s1/i6D2,16D2/t17?,20-,21-,24-,26?,27-,28+,29+. The van der Waals surface area contributed by atoms with Gasteiger partial charge in [-0.1, -0.05) is 26.8 Å². The third-order valence-electron chi connectivity index (χ3n) is 11.3. The highest BCUT2D eigenvalue weighted by atomic mass is 16.6. The van der Waals surface area contributed by atoms with Crippen molar-refractivity contribution in [3.05, 3.63) is 23.3 Å². The predicted octanol–water partition coefficient (Wildman–Crippen LogP) is 4.41. The molecule has 5 fully saturated rings. The topological polar surface area (TPSA) is 62.2 Å². The molecule has 2 unspecified atom stereocenters. The van der Waals surface area contributed by atoms with E-state index in [1.165, 1.54) is 0 Å². The molecule has 186 valence electrons. The number of phenolic OH excluding ortho intramolecular Hbond substituents is 1. The first-order chi connectivity index (χ1) is 17.5. The zero-order valence-electron chi connectivity index (χ0n) is 25.1. The number of fused-ring (bicyclic) bond motifs is 2. The number of likely N-dealkylation sites (tertiary alicyclic amines) is 1.